The van der Waals surface area contributed by atoms with Gasteiger partial charge in [-0.2, -0.15) is 0 Å². The van der Waals surface area contributed by atoms with E-state index in [1.807, 2.05) is 31.2 Å². The molecule has 1 rings (SSSR count). The van der Waals surface area contributed by atoms with Crippen molar-refractivity contribution in [1.29, 1.82) is 0 Å². The van der Waals surface area contributed by atoms with Crippen LogP contribution in [0.5, 0.6) is 0 Å². The Labute approximate surface area is 89.8 Å². The highest BCUT2D eigenvalue weighted by Gasteiger charge is 1.99. The molecule has 0 aliphatic rings. The number of rotatable bonds is 4. The van der Waals surface area contributed by atoms with Gasteiger partial charge >= 0.3 is 6.09 Å². The summed E-state index contributed by atoms with van der Waals surface area (Å²) in [6, 6.07) is 7.96. The molecule has 1 N–H and O–H groups in total. The van der Waals surface area contributed by atoms with Crippen molar-refractivity contribution in [2.75, 3.05) is 6.61 Å². The molecule has 0 aliphatic carbocycles. The van der Waals surface area contributed by atoms with E-state index in [1.54, 1.807) is 0 Å². The number of hydrogen-bond donors (Lipinski definition) is 1. The number of ether oxygens (including phenoxy) is 1. The van der Waals surface area contributed by atoms with E-state index in [-0.39, 0.29) is 6.61 Å². The molecule has 0 aromatic heterocycles. The average molecular weight is 205 g/mol. The molecule has 0 fully saturated rings. The maximum atomic E-state index is 11.1. The van der Waals surface area contributed by atoms with Crippen LogP contribution in [-0.2, 0) is 11.3 Å². The highest BCUT2D eigenvalue weighted by atomic mass is 16.5. The van der Waals surface area contributed by atoms with Crippen molar-refractivity contribution >= 4 is 6.09 Å². The fourth-order valence-electron chi connectivity index (χ4n) is 1.07. The molecule has 0 saturated heterocycles. The van der Waals surface area contributed by atoms with Gasteiger partial charge in [-0.25, -0.2) is 4.79 Å². The minimum absolute atomic E-state index is 0.236. The van der Waals surface area contributed by atoms with Crippen LogP contribution in [0, 0.1) is 6.92 Å². The highest BCUT2D eigenvalue weighted by Crippen LogP contribution is 2.02. The first kappa shape index (κ1) is 11.3. The Morgan fingerprint density at radius 1 is 1.47 bits per heavy atom. The van der Waals surface area contributed by atoms with E-state index in [0.717, 1.165) is 5.56 Å². The van der Waals surface area contributed by atoms with Crippen molar-refractivity contribution in [2.24, 2.45) is 0 Å². The number of nitrogens with one attached hydrogen (secondary N) is 1. The van der Waals surface area contributed by atoms with Gasteiger partial charge in [0.25, 0.3) is 0 Å². The second kappa shape index (κ2) is 5.86. The molecule has 0 atom stereocenters. The predicted molar refractivity (Wildman–Crippen MR) is 59.6 cm³/mol. The first-order valence-electron chi connectivity index (χ1n) is 4.79. The summed E-state index contributed by atoms with van der Waals surface area (Å²) in [5, 5.41) is 2.64. The summed E-state index contributed by atoms with van der Waals surface area (Å²) in [5.41, 5.74) is 2.25. The summed E-state index contributed by atoms with van der Waals surface area (Å²) in [6.45, 7) is 6.20. The van der Waals surface area contributed by atoms with Gasteiger partial charge in [0.15, 0.2) is 0 Å². The molecule has 0 saturated carbocycles. The van der Waals surface area contributed by atoms with E-state index < -0.39 is 6.09 Å². The van der Waals surface area contributed by atoms with Crippen LogP contribution in [0.25, 0.3) is 0 Å². The van der Waals surface area contributed by atoms with Crippen molar-refractivity contribution in [3.8, 4) is 0 Å². The van der Waals surface area contributed by atoms with Crippen molar-refractivity contribution in [1.82, 2.24) is 5.32 Å². The average Bonchev–Trinajstić information content (AvgIpc) is 2.25. The molecule has 15 heavy (non-hydrogen) atoms. The quantitative estimate of drug-likeness (QED) is 0.766. The molecule has 1 aromatic rings. The summed E-state index contributed by atoms with van der Waals surface area (Å²) < 4.78 is 4.77. The van der Waals surface area contributed by atoms with Gasteiger partial charge in [-0.05, 0) is 12.5 Å². The van der Waals surface area contributed by atoms with Crippen molar-refractivity contribution in [3.63, 3.8) is 0 Å². The molecule has 0 heterocycles. The first-order chi connectivity index (χ1) is 7.22. The Morgan fingerprint density at radius 2 is 2.13 bits per heavy atom. The molecule has 0 bridgehead atoms. The number of carbonyl (C=O) groups is 1. The van der Waals surface area contributed by atoms with Gasteiger partial charge in [0.2, 0.25) is 0 Å². The summed E-state index contributed by atoms with van der Waals surface area (Å²) in [7, 11) is 0. The Kier molecular flexibility index (Phi) is 4.41. The van der Waals surface area contributed by atoms with E-state index in [2.05, 4.69) is 11.9 Å². The fraction of sp³-hybridized carbons (Fsp3) is 0.250. The third-order valence-corrected chi connectivity index (χ3v) is 1.89. The van der Waals surface area contributed by atoms with Crippen LogP contribution in [-0.4, -0.2) is 12.7 Å². The number of carbonyl (C=O) groups excluding carboxylic acids is 1. The SMILES string of the molecule is C=CCOC(=O)NCc1ccc(C)cc1. The van der Waals surface area contributed by atoms with E-state index in [1.165, 1.54) is 11.6 Å². The van der Waals surface area contributed by atoms with Gasteiger partial charge in [0.05, 0.1) is 0 Å². The number of alkyl carbamates (subject to hydrolysis) is 1. The fourth-order valence-corrected chi connectivity index (χ4v) is 1.07. The third-order valence-electron chi connectivity index (χ3n) is 1.89. The zero-order valence-electron chi connectivity index (χ0n) is 8.82. The lowest BCUT2D eigenvalue weighted by atomic mass is 10.1. The standard InChI is InChI=1S/C12H15NO2/c1-3-8-15-12(14)13-9-11-6-4-10(2)5-7-11/h3-7H,1,8-9H2,2H3,(H,13,14). The number of aryl methyl sites for hydroxylation is 1. The van der Waals surface area contributed by atoms with Crippen LogP contribution in [0.1, 0.15) is 11.1 Å². The van der Waals surface area contributed by atoms with E-state index in [0.29, 0.717) is 6.54 Å². The van der Waals surface area contributed by atoms with Gasteiger partial charge in [-0.1, -0.05) is 42.5 Å². The highest BCUT2D eigenvalue weighted by molar-refractivity contribution is 5.67. The Bertz CT molecular complexity index is 330. The lowest BCUT2D eigenvalue weighted by Gasteiger charge is -2.05. The van der Waals surface area contributed by atoms with Crippen molar-refractivity contribution in [2.45, 2.75) is 13.5 Å². The smallest absolute Gasteiger partial charge is 0.407 e. The molecule has 1 aromatic carbocycles. The molecule has 1 amide bonds. The second-order valence-electron chi connectivity index (χ2n) is 3.23. The van der Waals surface area contributed by atoms with Gasteiger partial charge in [-0.3, -0.25) is 0 Å². The molecular formula is C12H15NO2. The molecule has 0 spiro atoms. The van der Waals surface area contributed by atoms with Crippen LogP contribution in [0.3, 0.4) is 0 Å². The number of amides is 1. The van der Waals surface area contributed by atoms with Crippen molar-refractivity contribution < 1.29 is 9.53 Å². The number of hydrogen-bond acceptors (Lipinski definition) is 2. The van der Waals surface area contributed by atoms with Gasteiger partial charge in [-0.15, -0.1) is 0 Å². The summed E-state index contributed by atoms with van der Waals surface area (Å²) in [4.78, 5) is 11.1. The van der Waals surface area contributed by atoms with Crippen LogP contribution in [0.4, 0.5) is 4.79 Å². The second-order valence-corrected chi connectivity index (χ2v) is 3.23. The summed E-state index contributed by atoms with van der Waals surface area (Å²) in [6.07, 6.45) is 1.11. The normalized spacial score (nSPS) is 9.40. The minimum Gasteiger partial charge on any atom is -0.445 e. The lowest BCUT2D eigenvalue weighted by molar-refractivity contribution is 0.158. The topological polar surface area (TPSA) is 38.3 Å². The van der Waals surface area contributed by atoms with Gasteiger partial charge < -0.3 is 10.1 Å². The zero-order chi connectivity index (χ0) is 11.1. The van der Waals surface area contributed by atoms with Crippen molar-refractivity contribution in [3.05, 3.63) is 48.0 Å². The van der Waals surface area contributed by atoms with Crippen LogP contribution >= 0.6 is 0 Å². The van der Waals surface area contributed by atoms with Gasteiger partial charge in [0.1, 0.15) is 6.61 Å². The minimum atomic E-state index is -0.421. The zero-order valence-corrected chi connectivity index (χ0v) is 8.82. The van der Waals surface area contributed by atoms with E-state index >= 15 is 0 Å². The molecule has 80 valence electrons. The Hall–Kier alpha value is -1.77. The monoisotopic (exact) mass is 205 g/mol. The lowest BCUT2D eigenvalue weighted by Crippen LogP contribution is -2.23. The molecule has 0 radical (unpaired) electrons. The summed E-state index contributed by atoms with van der Waals surface area (Å²) in [5.74, 6) is 0. The third kappa shape index (κ3) is 4.31. The van der Waals surface area contributed by atoms with E-state index in [4.69, 9.17) is 4.74 Å². The predicted octanol–water partition coefficient (Wildman–Crippen LogP) is 2.41. The van der Waals surface area contributed by atoms with Crippen LogP contribution in [0.15, 0.2) is 36.9 Å². The molecule has 0 aliphatic heterocycles. The Morgan fingerprint density at radius 3 is 2.73 bits per heavy atom. The summed E-state index contributed by atoms with van der Waals surface area (Å²) >= 11 is 0. The maximum Gasteiger partial charge on any atom is 0.407 e. The number of benzene rings is 1. The maximum absolute atomic E-state index is 11.1. The van der Waals surface area contributed by atoms with Crippen LogP contribution < -0.4 is 5.32 Å². The largest absolute Gasteiger partial charge is 0.445 e. The molecule has 3 nitrogen and oxygen atoms in total. The van der Waals surface area contributed by atoms with Gasteiger partial charge in [0, 0.05) is 6.54 Å². The first-order valence-corrected chi connectivity index (χ1v) is 4.79. The molecular weight excluding hydrogens is 190 g/mol. The van der Waals surface area contributed by atoms with E-state index in [9.17, 15) is 4.79 Å². The van der Waals surface area contributed by atoms with Crippen LogP contribution in [0.2, 0.25) is 0 Å². The molecule has 0 unspecified atom stereocenters. The molecule has 3 heteroatoms. The Balaban J connectivity index is 2.33.